The van der Waals surface area contributed by atoms with Gasteiger partial charge in [0.1, 0.15) is 0 Å². The van der Waals surface area contributed by atoms with Gasteiger partial charge in [0.25, 0.3) is 0 Å². The number of carbonyl (C=O) groups is 2. The Morgan fingerprint density at radius 1 is 1.38 bits per heavy atom. The van der Waals surface area contributed by atoms with Crippen molar-refractivity contribution in [1.82, 2.24) is 0 Å². The SMILES string of the molecule is CCC(=O)OS.COC(=O)C[CH2][Sn]. The molecule has 0 saturated heterocycles. The van der Waals surface area contributed by atoms with Crippen LogP contribution in [0.3, 0.4) is 0 Å². The molecule has 13 heavy (non-hydrogen) atoms. The van der Waals surface area contributed by atoms with Crippen LogP contribution in [0.25, 0.3) is 0 Å². The van der Waals surface area contributed by atoms with E-state index in [0.29, 0.717) is 12.8 Å². The molecule has 0 aliphatic rings. The summed E-state index contributed by atoms with van der Waals surface area (Å²) in [6.45, 7) is 1.71. The van der Waals surface area contributed by atoms with E-state index in [1.807, 2.05) is 0 Å². The van der Waals surface area contributed by atoms with Gasteiger partial charge in [-0.3, -0.25) is 4.79 Å². The monoisotopic (exact) mass is 313 g/mol. The minimum atomic E-state index is -0.293. The van der Waals surface area contributed by atoms with Gasteiger partial charge in [0.2, 0.25) is 0 Å². The molecule has 0 heterocycles. The van der Waals surface area contributed by atoms with Crippen LogP contribution in [0.2, 0.25) is 4.44 Å². The molecule has 0 spiro atoms. The Bertz CT molecular complexity index is 145. The molecule has 0 N–H and O–H groups in total. The van der Waals surface area contributed by atoms with Gasteiger partial charge in [0, 0.05) is 19.3 Å². The molecule has 3 radical (unpaired) electrons. The van der Waals surface area contributed by atoms with Crippen LogP contribution in [0, 0.1) is 0 Å². The third-order valence-corrected chi connectivity index (χ3v) is 1.86. The molecule has 0 aliphatic carbocycles. The van der Waals surface area contributed by atoms with Crippen LogP contribution < -0.4 is 0 Å². The van der Waals surface area contributed by atoms with Crippen LogP contribution in [0.4, 0.5) is 0 Å². The third kappa shape index (κ3) is 14.9. The molecule has 0 aromatic heterocycles. The Hall–Kier alpha value is 0.0887. The molecule has 0 aliphatic heterocycles. The van der Waals surface area contributed by atoms with Crippen LogP contribution in [0.15, 0.2) is 0 Å². The van der Waals surface area contributed by atoms with Gasteiger partial charge in [-0.1, -0.05) is 6.92 Å². The van der Waals surface area contributed by atoms with Gasteiger partial charge >= 0.3 is 62.0 Å². The van der Waals surface area contributed by atoms with Gasteiger partial charge < -0.3 is 4.18 Å². The molecule has 0 aromatic rings. The molecule has 0 saturated carbocycles. The van der Waals surface area contributed by atoms with E-state index in [4.69, 9.17) is 0 Å². The molecule has 0 fully saturated rings. The number of esters is 1. The zero-order chi connectivity index (χ0) is 10.7. The summed E-state index contributed by atoms with van der Waals surface area (Å²) in [7, 11) is 1.41. The van der Waals surface area contributed by atoms with Gasteiger partial charge in [-0.25, -0.2) is 0 Å². The summed E-state index contributed by atoms with van der Waals surface area (Å²) >= 11 is 4.64. The summed E-state index contributed by atoms with van der Waals surface area (Å²) in [5, 5.41) is 0. The fourth-order valence-electron chi connectivity index (χ4n) is 0.269. The van der Waals surface area contributed by atoms with E-state index in [1.165, 1.54) is 29.6 Å². The first kappa shape index (κ1) is 15.6. The van der Waals surface area contributed by atoms with Crippen molar-refractivity contribution >= 4 is 47.4 Å². The van der Waals surface area contributed by atoms with Gasteiger partial charge in [-0.15, -0.1) is 0 Å². The van der Waals surface area contributed by atoms with E-state index < -0.39 is 0 Å². The number of methoxy groups -OCH3 is 1. The van der Waals surface area contributed by atoms with E-state index in [2.05, 4.69) is 21.8 Å². The number of hydrogen-bond donors (Lipinski definition) is 1. The zero-order valence-corrected chi connectivity index (χ0v) is 11.5. The Morgan fingerprint density at radius 3 is 2.00 bits per heavy atom. The molecule has 0 aromatic carbocycles. The first-order chi connectivity index (χ1) is 6.12. The van der Waals surface area contributed by atoms with Crippen molar-refractivity contribution < 1.29 is 18.5 Å². The fourth-order valence-corrected chi connectivity index (χ4v) is 0.980. The Balaban J connectivity index is 0. The quantitative estimate of drug-likeness (QED) is 0.364. The zero-order valence-electron chi connectivity index (χ0n) is 7.70. The van der Waals surface area contributed by atoms with Crippen molar-refractivity contribution in [3.8, 4) is 0 Å². The average molecular weight is 312 g/mol. The summed E-state index contributed by atoms with van der Waals surface area (Å²) in [5.74, 6) is -0.393. The van der Waals surface area contributed by atoms with Crippen molar-refractivity contribution in [2.45, 2.75) is 24.2 Å². The second kappa shape index (κ2) is 12.1. The van der Waals surface area contributed by atoms with Gasteiger partial charge in [0.05, 0.1) is 0 Å². The molecular weight excluding hydrogens is 299 g/mol. The van der Waals surface area contributed by atoms with Crippen LogP contribution >= 0.6 is 12.9 Å². The van der Waals surface area contributed by atoms with Crippen molar-refractivity contribution in [3.63, 3.8) is 0 Å². The molecular formula is C7H13O4SSn. The van der Waals surface area contributed by atoms with E-state index in [9.17, 15) is 9.59 Å². The summed E-state index contributed by atoms with van der Waals surface area (Å²) in [6, 6.07) is 0. The Kier molecular flexibility index (Phi) is 14.5. The normalized spacial score (nSPS) is 8.00. The third-order valence-electron chi connectivity index (χ3n) is 0.947. The number of carbonyl (C=O) groups excluding carboxylic acids is 2. The van der Waals surface area contributed by atoms with Gasteiger partial charge in [0.15, 0.2) is 0 Å². The molecule has 0 rings (SSSR count). The molecule has 0 amide bonds. The first-order valence-electron chi connectivity index (χ1n) is 3.68. The van der Waals surface area contributed by atoms with E-state index in [1.54, 1.807) is 6.92 Å². The van der Waals surface area contributed by atoms with Gasteiger partial charge in [-0.2, -0.15) is 0 Å². The van der Waals surface area contributed by atoms with Gasteiger partial charge in [-0.05, 0) is 0 Å². The summed E-state index contributed by atoms with van der Waals surface area (Å²) in [6.07, 6.45) is 0.971. The molecule has 4 nitrogen and oxygen atoms in total. The standard InChI is InChI=1S/C4H7O2.C3H6O2S.Sn/c1-3-4(5)6-2;1-2-3(4)5-6;/h1,3H2,2H3;6H,2H2,1H3;. The number of rotatable bonds is 3. The summed E-state index contributed by atoms with van der Waals surface area (Å²) in [4.78, 5) is 20.1. The number of thiol groups is 1. The maximum atomic E-state index is 10.2. The Labute approximate surface area is 97.1 Å². The van der Waals surface area contributed by atoms with E-state index in [-0.39, 0.29) is 11.9 Å². The second-order valence-corrected chi connectivity index (χ2v) is 3.50. The fraction of sp³-hybridized carbons (Fsp3) is 0.714. The predicted molar refractivity (Wildman–Crippen MR) is 52.6 cm³/mol. The second-order valence-electron chi connectivity index (χ2n) is 1.89. The van der Waals surface area contributed by atoms with Crippen molar-refractivity contribution in [3.05, 3.63) is 0 Å². The predicted octanol–water partition coefficient (Wildman–Crippen LogP) is 0.921. The molecule has 0 bridgehead atoms. The van der Waals surface area contributed by atoms with Crippen molar-refractivity contribution in [1.29, 1.82) is 0 Å². The molecule has 0 unspecified atom stereocenters. The van der Waals surface area contributed by atoms with E-state index in [0.717, 1.165) is 4.44 Å². The number of ether oxygens (including phenoxy) is 1. The van der Waals surface area contributed by atoms with Crippen LogP contribution in [-0.4, -0.2) is 41.6 Å². The first-order valence-corrected chi connectivity index (χ1v) is 6.06. The summed E-state index contributed by atoms with van der Waals surface area (Å²) in [5.41, 5.74) is 0. The molecule has 75 valence electrons. The molecule has 6 heteroatoms. The topological polar surface area (TPSA) is 52.6 Å². The number of hydrogen-bond acceptors (Lipinski definition) is 5. The van der Waals surface area contributed by atoms with E-state index >= 15 is 0 Å². The minimum absolute atomic E-state index is 0.100. The Morgan fingerprint density at radius 2 is 1.92 bits per heavy atom. The molecule has 0 atom stereocenters. The average Bonchev–Trinajstić information content (AvgIpc) is 2.18. The van der Waals surface area contributed by atoms with Crippen LogP contribution in [-0.2, 0) is 18.5 Å². The van der Waals surface area contributed by atoms with Crippen molar-refractivity contribution in [2.24, 2.45) is 0 Å². The van der Waals surface area contributed by atoms with Crippen LogP contribution in [0.5, 0.6) is 0 Å². The maximum absolute atomic E-state index is 10.2. The van der Waals surface area contributed by atoms with Crippen molar-refractivity contribution in [2.75, 3.05) is 7.11 Å². The summed E-state index contributed by atoms with van der Waals surface area (Å²) < 4.78 is 9.28. The van der Waals surface area contributed by atoms with Crippen LogP contribution in [0.1, 0.15) is 19.8 Å².